The number of carbonyl (C=O) groups is 2. The number of rotatable bonds is 5. The molecule has 3 heterocycles. The third-order valence-corrected chi connectivity index (χ3v) is 5.24. The van der Waals surface area contributed by atoms with E-state index in [0.717, 1.165) is 73.3 Å². The van der Waals surface area contributed by atoms with Gasteiger partial charge in [0.1, 0.15) is 5.82 Å². The summed E-state index contributed by atoms with van der Waals surface area (Å²) in [5.41, 5.74) is 4.73. The van der Waals surface area contributed by atoms with Gasteiger partial charge in [0.2, 0.25) is 0 Å². The molecule has 4 rings (SSSR count). The van der Waals surface area contributed by atoms with Gasteiger partial charge in [-0.05, 0) is 54.7 Å². The zero-order valence-electron chi connectivity index (χ0n) is 15.1. The Morgan fingerprint density at radius 2 is 2.12 bits per heavy atom. The fraction of sp³-hybridized carbons (Fsp3) is 0.381. The smallest absolute Gasteiger partial charge is 0.254 e. The van der Waals surface area contributed by atoms with E-state index in [-0.39, 0.29) is 5.91 Å². The van der Waals surface area contributed by atoms with Crippen LogP contribution < -0.4 is 4.90 Å². The number of aromatic nitrogens is 1. The largest absolute Gasteiger partial charge is 0.334 e. The van der Waals surface area contributed by atoms with Crippen molar-refractivity contribution in [2.75, 3.05) is 18.0 Å². The first-order valence-corrected chi connectivity index (χ1v) is 9.35. The summed E-state index contributed by atoms with van der Waals surface area (Å²) in [6.07, 6.45) is 6.56. The Kier molecular flexibility index (Phi) is 4.45. The van der Waals surface area contributed by atoms with E-state index >= 15 is 0 Å². The van der Waals surface area contributed by atoms with Gasteiger partial charge in [0.05, 0.1) is 0 Å². The average molecular weight is 349 g/mol. The van der Waals surface area contributed by atoms with Crippen LogP contribution in [-0.2, 0) is 13.0 Å². The molecule has 2 aromatic rings. The van der Waals surface area contributed by atoms with Crippen LogP contribution in [0.1, 0.15) is 58.0 Å². The first-order valence-electron chi connectivity index (χ1n) is 9.35. The summed E-state index contributed by atoms with van der Waals surface area (Å²) in [6.45, 7) is 4.55. The van der Waals surface area contributed by atoms with E-state index in [1.807, 2.05) is 23.1 Å². The number of aldehydes is 1. The molecule has 1 amide bonds. The minimum absolute atomic E-state index is 0.146. The van der Waals surface area contributed by atoms with Crippen molar-refractivity contribution in [3.63, 3.8) is 0 Å². The van der Waals surface area contributed by atoms with Gasteiger partial charge in [-0.1, -0.05) is 13.3 Å². The van der Waals surface area contributed by atoms with Crippen molar-refractivity contribution in [2.24, 2.45) is 0 Å². The summed E-state index contributed by atoms with van der Waals surface area (Å²) in [6, 6.07) is 8.03. The summed E-state index contributed by atoms with van der Waals surface area (Å²) < 4.78 is 0. The van der Waals surface area contributed by atoms with Crippen molar-refractivity contribution in [1.82, 2.24) is 9.88 Å². The van der Waals surface area contributed by atoms with Crippen molar-refractivity contribution in [3.05, 3.63) is 52.7 Å². The summed E-state index contributed by atoms with van der Waals surface area (Å²) in [7, 11) is 0. The van der Waals surface area contributed by atoms with Crippen molar-refractivity contribution in [1.29, 1.82) is 0 Å². The first kappa shape index (κ1) is 16.8. The lowest BCUT2D eigenvalue weighted by molar-refractivity contribution is 0.0776. The number of unbranched alkanes of at least 4 members (excludes halogenated alkanes) is 1. The number of benzene rings is 1. The highest BCUT2D eigenvalue weighted by Gasteiger charge is 2.28. The van der Waals surface area contributed by atoms with Crippen molar-refractivity contribution >= 4 is 23.7 Å². The van der Waals surface area contributed by atoms with E-state index in [0.29, 0.717) is 12.1 Å². The van der Waals surface area contributed by atoms with Crippen molar-refractivity contribution in [2.45, 2.75) is 39.2 Å². The Hall–Kier alpha value is -2.69. The SMILES string of the molecule is CCCCN1Cc2cc(N3CCCc4cc(C=O)cnc43)ccc2C1=O. The standard InChI is InChI=1S/C21H23N3O2/c1-2-3-8-23-13-17-11-18(6-7-19(17)21(23)26)24-9-4-5-16-10-15(14-25)12-22-20(16)24/h6-7,10-12,14H,2-5,8-9,13H2,1H3. The van der Waals surface area contributed by atoms with Crippen molar-refractivity contribution in [3.8, 4) is 0 Å². The lowest BCUT2D eigenvalue weighted by Crippen LogP contribution is -2.26. The van der Waals surface area contributed by atoms with Gasteiger partial charge in [0.15, 0.2) is 6.29 Å². The second-order valence-corrected chi connectivity index (χ2v) is 7.05. The number of aryl methyl sites for hydroxylation is 1. The van der Waals surface area contributed by atoms with Crippen LogP contribution in [0.25, 0.3) is 0 Å². The molecule has 0 atom stereocenters. The lowest BCUT2D eigenvalue weighted by atomic mass is 10.0. The minimum Gasteiger partial charge on any atom is -0.334 e. The molecule has 0 bridgehead atoms. The van der Waals surface area contributed by atoms with Gasteiger partial charge in [-0.15, -0.1) is 0 Å². The van der Waals surface area contributed by atoms with Gasteiger partial charge in [-0.3, -0.25) is 9.59 Å². The predicted octanol–water partition coefficient (Wildman–Crippen LogP) is 3.73. The summed E-state index contributed by atoms with van der Waals surface area (Å²) in [5, 5.41) is 0. The fourth-order valence-electron chi connectivity index (χ4n) is 3.86. The molecule has 0 fully saturated rings. The van der Waals surface area contributed by atoms with E-state index in [4.69, 9.17) is 0 Å². The molecule has 134 valence electrons. The maximum absolute atomic E-state index is 12.5. The van der Waals surface area contributed by atoms with Gasteiger partial charge in [0, 0.05) is 42.6 Å². The number of pyridine rings is 1. The van der Waals surface area contributed by atoms with Crippen LogP contribution in [-0.4, -0.2) is 35.2 Å². The Bertz CT molecular complexity index is 862. The number of carbonyl (C=O) groups excluding carboxylic acids is 2. The molecule has 1 aromatic heterocycles. The molecule has 0 N–H and O–H groups in total. The van der Waals surface area contributed by atoms with E-state index in [2.05, 4.69) is 22.9 Å². The van der Waals surface area contributed by atoms with Gasteiger partial charge in [-0.2, -0.15) is 0 Å². The first-order chi connectivity index (χ1) is 12.7. The third-order valence-electron chi connectivity index (χ3n) is 5.24. The monoisotopic (exact) mass is 349 g/mol. The Morgan fingerprint density at radius 3 is 2.92 bits per heavy atom. The van der Waals surface area contributed by atoms with E-state index in [1.165, 1.54) is 0 Å². The van der Waals surface area contributed by atoms with Gasteiger partial charge in [0.25, 0.3) is 5.91 Å². The van der Waals surface area contributed by atoms with Gasteiger partial charge >= 0.3 is 0 Å². The Morgan fingerprint density at radius 1 is 1.23 bits per heavy atom. The predicted molar refractivity (Wildman–Crippen MR) is 101 cm³/mol. The molecular weight excluding hydrogens is 326 g/mol. The van der Waals surface area contributed by atoms with Crippen LogP contribution in [0.5, 0.6) is 0 Å². The van der Waals surface area contributed by atoms with Gasteiger partial charge in [-0.25, -0.2) is 4.98 Å². The molecule has 0 unspecified atom stereocenters. The quantitative estimate of drug-likeness (QED) is 0.772. The maximum Gasteiger partial charge on any atom is 0.254 e. The molecule has 0 aliphatic carbocycles. The molecule has 0 spiro atoms. The van der Waals surface area contributed by atoms with E-state index in [9.17, 15) is 9.59 Å². The average Bonchev–Trinajstić information content (AvgIpc) is 3.00. The Balaban J connectivity index is 1.64. The highest BCUT2D eigenvalue weighted by atomic mass is 16.2. The molecule has 5 nitrogen and oxygen atoms in total. The maximum atomic E-state index is 12.5. The molecule has 1 aromatic carbocycles. The van der Waals surface area contributed by atoms with Crippen LogP contribution in [0.2, 0.25) is 0 Å². The third kappa shape index (κ3) is 2.87. The second-order valence-electron chi connectivity index (χ2n) is 7.05. The number of hydrogen-bond acceptors (Lipinski definition) is 4. The molecule has 0 saturated heterocycles. The summed E-state index contributed by atoms with van der Waals surface area (Å²) in [4.78, 5) is 32.2. The topological polar surface area (TPSA) is 53.5 Å². The summed E-state index contributed by atoms with van der Waals surface area (Å²) in [5.74, 6) is 1.07. The van der Waals surface area contributed by atoms with Crippen LogP contribution in [0, 0.1) is 0 Å². The molecule has 5 heteroatoms. The number of nitrogens with zero attached hydrogens (tertiary/aromatic N) is 3. The molecule has 2 aliphatic rings. The van der Waals surface area contributed by atoms with Crippen LogP contribution in [0.3, 0.4) is 0 Å². The van der Waals surface area contributed by atoms with Crippen LogP contribution >= 0.6 is 0 Å². The highest BCUT2D eigenvalue weighted by Crippen LogP contribution is 2.34. The van der Waals surface area contributed by atoms with E-state index < -0.39 is 0 Å². The summed E-state index contributed by atoms with van der Waals surface area (Å²) >= 11 is 0. The minimum atomic E-state index is 0.146. The fourth-order valence-corrected chi connectivity index (χ4v) is 3.86. The number of anilines is 2. The zero-order chi connectivity index (χ0) is 18.1. The van der Waals surface area contributed by atoms with E-state index in [1.54, 1.807) is 6.20 Å². The van der Waals surface area contributed by atoms with Crippen LogP contribution in [0.15, 0.2) is 30.5 Å². The zero-order valence-corrected chi connectivity index (χ0v) is 15.1. The van der Waals surface area contributed by atoms with Crippen LogP contribution in [0.4, 0.5) is 11.5 Å². The molecule has 0 saturated carbocycles. The lowest BCUT2D eigenvalue weighted by Gasteiger charge is -2.30. The molecule has 2 aliphatic heterocycles. The number of hydrogen-bond donors (Lipinski definition) is 0. The number of amides is 1. The molecule has 0 radical (unpaired) electrons. The number of fused-ring (bicyclic) bond motifs is 2. The Labute approximate surface area is 153 Å². The highest BCUT2D eigenvalue weighted by molar-refractivity contribution is 5.99. The normalized spacial score (nSPS) is 15.8. The molecule has 26 heavy (non-hydrogen) atoms. The second kappa shape index (κ2) is 6.90. The van der Waals surface area contributed by atoms with Gasteiger partial charge < -0.3 is 9.80 Å². The van der Waals surface area contributed by atoms with Crippen molar-refractivity contribution < 1.29 is 9.59 Å². The molecular formula is C21H23N3O2.